The Morgan fingerprint density at radius 3 is 2.26 bits per heavy atom. The molecule has 0 saturated heterocycles. The van der Waals surface area contributed by atoms with E-state index in [0.29, 0.717) is 5.56 Å². The van der Waals surface area contributed by atoms with Crippen molar-refractivity contribution in [1.29, 1.82) is 0 Å². The van der Waals surface area contributed by atoms with Crippen LogP contribution < -0.4 is 5.43 Å². The van der Waals surface area contributed by atoms with Gasteiger partial charge in [0.2, 0.25) is 0 Å². The average molecular weight is 314 g/mol. The molecule has 0 fully saturated rings. The van der Waals surface area contributed by atoms with Crippen molar-refractivity contribution in [2.75, 3.05) is 0 Å². The molecule has 0 aliphatic rings. The highest BCUT2D eigenvalue weighted by molar-refractivity contribution is 5.95. The summed E-state index contributed by atoms with van der Waals surface area (Å²) in [5.74, 6) is -0.629. The Labute approximate surface area is 129 Å². The van der Waals surface area contributed by atoms with Crippen LogP contribution in [0.25, 0.3) is 0 Å². The van der Waals surface area contributed by atoms with Gasteiger partial charge in [-0.05, 0) is 6.07 Å². The molecule has 0 aliphatic carbocycles. The van der Waals surface area contributed by atoms with E-state index in [1.165, 1.54) is 42.6 Å². The van der Waals surface area contributed by atoms with E-state index in [0.717, 1.165) is 6.07 Å². The van der Waals surface area contributed by atoms with Gasteiger partial charge in [-0.1, -0.05) is 18.2 Å². The fourth-order valence-corrected chi connectivity index (χ4v) is 1.71. The second-order valence-corrected chi connectivity index (χ2v) is 4.36. The van der Waals surface area contributed by atoms with Crippen molar-refractivity contribution < 1.29 is 14.6 Å². The molecule has 0 saturated carbocycles. The Morgan fingerprint density at radius 1 is 1.00 bits per heavy atom. The van der Waals surface area contributed by atoms with Crippen LogP contribution in [0.2, 0.25) is 0 Å². The molecule has 1 amide bonds. The lowest BCUT2D eigenvalue weighted by Gasteiger charge is -1.99. The number of nitrogens with one attached hydrogen (secondary N) is 1. The molecular weight excluding hydrogens is 304 g/mol. The maximum atomic E-state index is 11.8. The third-order valence-corrected chi connectivity index (χ3v) is 2.78. The summed E-state index contributed by atoms with van der Waals surface area (Å²) in [6.07, 6.45) is 1.24. The summed E-state index contributed by atoms with van der Waals surface area (Å²) in [4.78, 5) is 32.0. The lowest BCUT2D eigenvalue weighted by atomic mass is 10.2. The van der Waals surface area contributed by atoms with Gasteiger partial charge in [0.15, 0.2) is 0 Å². The van der Waals surface area contributed by atoms with Crippen LogP contribution in [0.3, 0.4) is 0 Å². The number of hydrazone groups is 1. The van der Waals surface area contributed by atoms with Crippen LogP contribution in [0.15, 0.2) is 53.6 Å². The largest absolute Gasteiger partial charge is 0.271 e. The van der Waals surface area contributed by atoms with Gasteiger partial charge >= 0.3 is 0 Å². The summed E-state index contributed by atoms with van der Waals surface area (Å²) in [5.41, 5.74) is 2.40. The summed E-state index contributed by atoms with van der Waals surface area (Å²) in [5, 5.41) is 25.0. The number of nitro groups is 2. The zero-order valence-corrected chi connectivity index (χ0v) is 11.6. The molecule has 0 heterocycles. The highest BCUT2D eigenvalue weighted by Crippen LogP contribution is 2.13. The summed E-state index contributed by atoms with van der Waals surface area (Å²) < 4.78 is 0. The third-order valence-electron chi connectivity index (χ3n) is 2.78. The molecule has 0 spiro atoms. The zero-order valence-electron chi connectivity index (χ0n) is 11.6. The van der Waals surface area contributed by atoms with Gasteiger partial charge < -0.3 is 0 Å². The topological polar surface area (TPSA) is 128 Å². The summed E-state index contributed by atoms with van der Waals surface area (Å²) in [6, 6.07) is 10.9. The molecule has 9 nitrogen and oxygen atoms in total. The first-order valence-electron chi connectivity index (χ1n) is 6.29. The number of carbonyl (C=O) groups excluding carboxylic acids is 1. The van der Waals surface area contributed by atoms with Crippen molar-refractivity contribution in [3.8, 4) is 0 Å². The summed E-state index contributed by atoms with van der Waals surface area (Å²) >= 11 is 0. The number of hydrogen-bond acceptors (Lipinski definition) is 6. The Hall–Kier alpha value is -3.62. The van der Waals surface area contributed by atoms with E-state index in [1.807, 2.05) is 0 Å². The quantitative estimate of drug-likeness (QED) is 0.514. The van der Waals surface area contributed by atoms with Crippen molar-refractivity contribution in [3.63, 3.8) is 0 Å². The minimum Gasteiger partial charge on any atom is -0.267 e. The molecule has 1 N–H and O–H groups in total. The number of rotatable bonds is 5. The van der Waals surface area contributed by atoms with E-state index in [2.05, 4.69) is 10.5 Å². The van der Waals surface area contributed by atoms with E-state index < -0.39 is 15.8 Å². The molecule has 0 radical (unpaired) electrons. The molecule has 2 aromatic carbocycles. The lowest BCUT2D eigenvalue weighted by molar-refractivity contribution is -0.385. The Balaban J connectivity index is 2.07. The van der Waals surface area contributed by atoms with Crippen LogP contribution >= 0.6 is 0 Å². The maximum Gasteiger partial charge on any atom is 0.271 e. The smallest absolute Gasteiger partial charge is 0.267 e. The SMILES string of the molecule is O=C(N/N=C/c1cccc([N+](=O)[O-])c1)c1cccc([N+](=O)[O-])c1. The van der Waals surface area contributed by atoms with Crippen molar-refractivity contribution in [2.45, 2.75) is 0 Å². The summed E-state index contributed by atoms with van der Waals surface area (Å²) in [7, 11) is 0. The zero-order chi connectivity index (χ0) is 16.8. The Kier molecular flexibility index (Phi) is 4.72. The minimum absolute atomic E-state index is 0.0791. The van der Waals surface area contributed by atoms with Gasteiger partial charge in [-0.2, -0.15) is 5.10 Å². The molecule has 2 rings (SSSR count). The molecule has 2 aromatic rings. The first kappa shape index (κ1) is 15.8. The van der Waals surface area contributed by atoms with Crippen LogP contribution in [-0.4, -0.2) is 22.0 Å². The maximum absolute atomic E-state index is 11.8. The number of non-ortho nitro benzene ring substituents is 2. The van der Waals surface area contributed by atoms with Crippen LogP contribution in [0.4, 0.5) is 11.4 Å². The number of carbonyl (C=O) groups is 1. The number of benzene rings is 2. The Morgan fingerprint density at radius 2 is 1.61 bits per heavy atom. The molecule has 0 unspecified atom stereocenters. The average Bonchev–Trinajstić information content (AvgIpc) is 2.55. The first-order valence-corrected chi connectivity index (χ1v) is 6.29. The number of hydrogen-bond donors (Lipinski definition) is 1. The van der Waals surface area contributed by atoms with Crippen LogP contribution in [0, 0.1) is 20.2 Å². The fourth-order valence-electron chi connectivity index (χ4n) is 1.71. The third kappa shape index (κ3) is 4.17. The van der Waals surface area contributed by atoms with Gasteiger partial charge in [0.05, 0.1) is 16.1 Å². The summed E-state index contributed by atoms with van der Waals surface area (Å²) in [6.45, 7) is 0. The normalized spacial score (nSPS) is 10.4. The Bertz CT molecular complexity index is 803. The van der Waals surface area contributed by atoms with Crippen LogP contribution in [0.1, 0.15) is 15.9 Å². The van der Waals surface area contributed by atoms with Crippen molar-refractivity contribution in [2.24, 2.45) is 5.10 Å². The van der Waals surface area contributed by atoms with Gasteiger partial charge in [0, 0.05) is 35.4 Å². The number of nitro benzene ring substituents is 2. The van der Waals surface area contributed by atoms with Gasteiger partial charge in [-0.15, -0.1) is 0 Å². The van der Waals surface area contributed by atoms with E-state index in [4.69, 9.17) is 0 Å². The van der Waals surface area contributed by atoms with Crippen LogP contribution in [-0.2, 0) is 0 Å². The molecule has 116 valence electrons. The monoisotopic (exact) mass is 314 g/mol. The molecule has 0 aromatic heterocycles. The highest BCUT2D eigenvalue weighted by Gasteiger charge is 2.10. The van der Waals surface area contributed by atoms with E-state index in [1.54, 1.807) is 6.07 Å². The minimum atomic E-state index is -0.629. The molecule has 0 atom stereocenters. The number of nitrogens with zero attached hydrogens (tertiary/aromatic N) is 3. The molecule has 0 bridgehead atoms. The number of amides is 1. The van der Waals surface area contributed by atoms with Crippen molar-refractivity contribution in [3.05, 3.63) is 79.9 Å². The molecular formula is C14H10N4O5. The molecule has 9 heteroatoms. The second kappa shape index (κ2) is 6.89. The van der Waals surface area contributed by atoms with Crippen molar-refractivity contribution >= 4 is 23.5 Å². The second-order valence-electron chi connectivity index (χ2n) is 4.36. The first-order chi connectivity index (χ1) is 11.0. The van der Waals surface area contributed by atoms with Gasteiger partial charge in [0.25, 0.3) is 17.3 Å². The van der Waals surface area contributed by atoms with E-state index >= 15 is 0 Å². The van der Waals surface area contributed by atoms with Crippen LogP contribution in [0.5, 0.6) is 0 Å². The molecule has 0 aliphatic heterocycles. The highest BCUT2D eigenvalue weighted by atomic mass is 16.6. The molecule has 23 heavy (non-hydrogen) atoms. The van der Waals surface area contributed by atoms with E-state index in [-0.39, 0.29) is 16.9 Å². The van der Waals surface area contributed by atoms with Gasteiger partial charge in [-0.25, -0.2) is 5.43 Å². The fraction of sp³-hybridized carbons (Fsp3) is 0. The van der Waals surface area contributed by atoms with Gasteiger partial charge in [0.1, 0.15) is 0 Å². The van der Waals surface area contributed by atoms with E-state index in [9.17, 15) is 25.0 Å². The van der Waals surface area contributed by atoms with Crippen molar-refractivity contribution in [1.82, 2.24) is 5.43 Å². The van der Waals surface area contributed by atoms with Gasteiger partial charge in [-0.3, -0.25) is 25.0 Å². The predicted molar refractivity (Wildman–Crippen MR) is 81.3 cm³/mol. The standard InChI is InChI=1S/C14H10N4O5/c19-14(11-4-2-6-13(8-11)18(22)23)16-15-9-10-3-1-5-12(7-10)17(20)21/h1-9H,(H,16,19)/b15-9+. The lowest BCUT2D eigenvalue weighted by Crippen LogP contribution is -2.17. The predicted octanol–water partition coefficient (Wildman–Crippen LogP) is 2.27.